The third-order valence-electron chi connectivity index (χ3n) is 14.1. The molecule has 71 heavy (non-hydrogen) atoms. The Bertz CT molecular complexity index is 1190. The van der Waals surface area contributed by atoms with Gasteiger partial charge >= 0.3 is 17.9 Å². The van der Waals surface area contributed by atoms with Crippen molar-refractivity contribution in [2.24, 2.45) is 0 Å². The van der Waals surface area contributed by atoms with Gasteiger partial charge in [0, 0.05) is 19.3 Å². The molecule has 0 aromatic carbocycles. The average molecular weight is 998 g/mol. The van der Waals surface area contributed by atoms with E-state index in [1.807, 2.05) is 0 Å². The van der Waals surface area contributed by atoms with Gasteiger partial charge in [0.05, 0.1) is 0 Å². The van der Waals surface area contributed by atoms with E-state index in [4.69, 9.17) is 14.2 Å². The lowest BCUT2D eigenvalue weighted by Gasteiger charge is -2.18. The molecule has 0 fully saturated rings. The van der Waals surface area contributed by atoms with E-state index in [0.29, 0.717) is 19.3 Å². The van der Waals surface area contributed by atoms with E-state index < -0.39 is 6.10 Å². The van der Waals surface area contributed by atoms with Gasteiger partial charge in [0.2, 0.25) is 0 Å². The molecule has 0 saturated carbocycles. The van der Waals surface area contributed by atoms with Gasteiger partial charge in [-0.3, -0.25) is 14.4 Å². The smallest absolute Gasteiger partial charge is 0.306 e. The third kappa shape index (κ3) is 58.4. The zero-order valence-corrected chi connectivity index (χ0v) is 47.8. The molecule has 0 spiro atoms. The largest absolute Gasteiger partial charge is 0.462 e. The Labute approximate surface area is 442 Å². The Kier molecular flexibility index (Phi) is 58.2. The number of carbonyl (C=O) groups is 3. The fraction of sp³-hybridized carbons (Fsp3) is 0.862. The van der Waals surface area contributed by atoms with Crippen molar-refractivity contribution < 1.29 is 28.6 Å². The highest BCUT2D eigenvalue weighted by Crippen LogP contribution is 2.17. The summed E-state index contributed by atoms with van der Waals surface area (Å²) in [6.45, 7) is 6.63. The molecule has 0 heterocycles. The van der Waals surface area contributed by atoms with Gasteiger partial charge in [0.15, 0.2) is 6.10 Å². The summed E-state index contributed by atoms with van der Waals surface area (Å²) in [6, 6.07) is 0. The maximum atomic E-state index is 12.9. The molecule has 0 N–H and O–H groups in total. The highest BCUT2D eigenvalue weighted by Gasteiger charge is 2.19. The zero-order valence-electron chi connectivity index (χ0n) is 47.8. The summed E-state index contributed by atoms with van der Waals surface area (Å²) in [4.78, 5) is 38.2. The molecule has 0 bridgehead atoms. The molecule has 0 rings (SSSR count). The summed E-state index contributed by atoms with van der Waals surface area (Å²) in [5.74, 6) is -0.879. The first-order chi connectivity index (χ1) is 35.0. The molecule has 6 nitrogen and oxygen atoms in total. The van der Waals surface area contributed by atoms with E-state index >= 15 is 0 Å². The number of rotatable bonds is 58. The first kappa shape index (κ1) is 68.6. The second-order valence-corrected chi connectivity index (χ2v) is 21.3. The zero-order chi connectivity index (χ0) is 51.4. The quantitative estimate of drug-likeness (QED) is 0.0261. The number of esters is 3. The Hall–Kier alpha value is -2.37. The van der Waals surface area contributed by atoms with Crippen molar-refractivity contribution in [2.45, 2.75) is 348 Å². The minimum atomic E-state index is -0.780. The van der Waals surface area contributed by atoms with E-state index in [1.165, 1.54) is 218 Å². The van der Waals surface area contributed by atoms with E-state index in [-0.39, 0.29) is 31.1 Å². The van der Waals surface area contributed by atoms with Crippen LogP contribution < -0.4 is 0 Å². The van der Waals surface area contributed by atoms with Gasteiger partial charge in [-0.1, -0.05) is 288 Å². The molecule has 0 aliphatic rings. The molecule has 0 aromatic rings. The molecule has 0 amide bonds. The van der Waals surface area contributed by atoms with Crippen molar-refractivity contribution in [3.63, 3.8) is 0 Å². The topological polar surface area (TPSA) is 78.9 Å². The SMILES string of the molecule is CCCC/C=C\C/C=C\CCCCCCCC(=O)OCC(COC(=O)CCCCCCCCCCCCCCCCCCCCCCCCCC)OC(=O)CCCCCCC/C=C\CCCCCCCC. The van der Waals surface area contributed by atoms with Crippen molar-refractivity contribution in [2.75, 3.05) is 13.2 Å². The highest BCUT2D eigenvalue weighted by molar-refractivity contribution is 5.71. The minimum Gasteiger partial charge on any atom is -0.462 e. The molecule has 0 aliphatic carbocycles. The predicted molar refractivity (Wildman–Crippen MR) is 307 cm³/mol. The van der Waals surface area contributed by atoms with Crippen LogP contribution in [0.5, 0.6) is 0 Å². The minimum absolute atomic E-state index is 0.0762. The van der Waals surface area contributed by atoms with Gasteiger partial charge in [-0.25, -0.2) is 0 Å². The average Bonchev–Trinajstić information content (AvgIpc) is 3.37. The molecule has 0 radical (unpaired) electrons. The molecule has 1 atom stereocenters. The Morgan fingerprint density at radius 1 is 0.282 bits per heavy atom. The predicted octanol–water partition coefficient (Wildman–Crippen LogP) is 21.2. The number of unbranched alkanes of at least 4 members (excludes halogenated alkanes) is 41. The van der Waals surface area contributed by atoms with Crippen LogP contribution in [0.25, 0.3) is 0 Å². The number of allylic oxidation sites excluding steroid dienone is 6. The molecular formula is C65H120O6. The molecular weight excluding hydrogens is 877 g/mol. The van der Waals surface area contributed by atoms with E-state index in [1.54, 1.807) is 0 Å². The lowest BCUT2D eigenvalue weighted by atomic mass is 10.0. The van der Waals surface area contributed by atoms with E-state index in [2.05, 4.69) is 57.2 Å². The molecule has 1 unspecified atom stereocenters. The second kappa shape index (κ2) is 60.2. The van der Waals surface area contributed by atoms with Gasteiger partial charge < -0.3 is 14.2 Å². The first-order valence-electron chi connectivity index (χ1n) is 31.5. The Morgan fingerprint density at radius 2 is 0.521 bits per heavy atom. The lowest BCUT2D eigenvalue weighted by molar-refractivity contribution is -0.167. The number of carbonyl (C=O) groups excluding carboxylic acids is 3. The standard InChI is InChI=1S/C65H120O6/c1-4-7-10-13-16-19-22-25-28-29-30-31-32-33-34-35-36-38-40-43-46-49-52-55-58-64(67)70-61-62(60-69-63(66)57-54-51-48-45-42-39-27-24-21-18-15-12-9-6-3)71-65(68)59-56-53-50-47-44-41-37-26-23-20-17-14-11-8-5-2/h15,18,24,26-27,37,62H,4-14,16-17,19-23,25,28-36,38-61H2,1-3H3/b18-15-,27-24-,37-26-. The first-order valence-corrected chi connectivity index (χ1v) is 31.5. The molecule has 0 saturated heterocycles. The van der Waals surface area contributed by atoms with Gasteiger partial charge in [-0.05, 0) is 70.6 Å². The van der Waals surface area contributed by atoms with Crippen LogP contribution in [0.3, 0.4) is 0 Å². The van der Waals surface area contributed by atoms with Crippen LogP contribution >= 0.6 is 0 Å². The fourth-order valence-electron chi connectivity index (χ4n) is 9.34. The lowest BCUT2D eigenvalue weighted by Crippen LogP contribution is -2.30. The Balaban J connectivity index is 4.25. The second-order valence-electron chi connectivity index (χ2n) is 21.3. The number of ether oxygens (including phenoxy) is 3. The van der Waals surface area contributed by atoms with E-state index in [9.17, 15) is 14.4 Å². The molecule has 416 valence electrons. The van der Waals surface area contributed by atoms with Crippen molar-refractivity contribution >= 4 is 17.9 Å². The van der Waals surface area contributed by atoms with Crippen LogP contribution in [0.15, 0.2) is 36.5 Å². The van der Waals surface area contributed by atoms with Crippen molar-refractivity contribution in [3.05, 3.63) is 36.5 Å². The number of hydrogen-bond acceptors (Lipinski definition) is 6. The van der Waals surface area contributed by atoms with Gasteiger partial charge in [-0.2, -0.15) is 0 Å². The normalized spacial score (nSPS) is 12.2. The summed E-state index contributed by atoms with van der Waals surface area (Å²) >= 11 is 0. The van der Waals surface area contributed by atoms with Crippen molar-refractivity contribution in [3.8, 4) is 0 Å². The van der Waals surface area contributed by atoms with Crippen LogP contribution in [-0.2, 0) is 28.6 Å². The van der Waals surface area contributed by atoms with Gasteiger partial charge in [0.25, 0.3) is 0 Å². The van der Waals surface area contributed by atoms with Crippen molar-refractivity contribution in [1.29, 1.82) is 0 Å². The summed E-state index contributed by atoms with van der Waals surface area (Å²) in [5, 5.41) is 0. The van der Waals surface area contributed by atoms with E-state index in [0.717, 1.165) is 83.5 Å². The van der Waals surface area contributed by atoms with Gasteiger partial charge in [-0.15, -0.1) is 0 Å². The third-order valence-corrected chi connectivity index (χ3v) is 14.1. The summed E-state index contributed by atoms with van der Waals surface area (Å²) in [5.41, 5.74) is 0. The fourth-order valence-corrected chi connectivity index (χ4v) is 9.34. The maximum Gasteiger partial charge on any atom is 0.306 e. The van der Waals surface area contributed by atoms with Crippen LogP contribution in [-0.4, -0.2) is 37.2 Å². The monoisotopic (exact) mass is 997 g/mol. The molecule has 0 aliphatic heterocycles. The molecule has 6 heteroatoms. The molecule has 0 aromatic heterocycles. The maximum absolute atomic E-state index is 12.9. The highest BCUT2D eigenvalue weighted by atomic mass is 16.6. The van der Waals surface area contributed by atoms with Gasteiger partial charge in [0.1, 0.15) is 13.2 Å². The Morgan fingerprint density at radius 3 is 0.831 bits per heavy atom. The van der Waals surface area contributed by atoms with Crippen LogP contribution in [0, 0.1) is 0 Å². The van der Waals surface area contributed by atoms with Crippen LogP contribution in [0.4, 0.5) is 0 Å². The summed E-state index contributed by atoms with van der Waals surface area (Å²) < 4.78 is 16.9. The number of hydrogen-bond donors (Lipinski definition) is 0. The van der Waals surface area contributed by atoms with Crippen LogP contribution in [0.2, 0.25) is 0 Å². The summed E-state index contributed by atoms with van der Waals surface area (Å²) in [7, 11) is 0. The van der Waals surface area contributed by atoms with Crippen molar-refractivity contribution in [1.82, 2.24) is 0 Å². The summed E-state index contributed by atoms with van der Waals surface area (Å²) in [6.07, 6.45) is 73.0. The van der Waals surface area contributed by atoms with Crippen LogP contribution in [0.1, 0.15) is 342 Å².